The van der Waals surface area contributed by atoms with Crippen molar-refractivity contribution in [1.82, 2.24) is 15.6 Å². The van der Waals surface area contributed by atoms with Crippen LogP contribution in [0.3, 0.4) is 0 Å². The number of aromatic nitrogens is 1. The van der Waals surface area contributed by atoms with E-state index in [0.717, 1.165) is 17.0 Å². The Balaban J connectivity index is 1.41. The molecule has 6 nitrogen and oxygen atoms in total. The fraction of sp³-hybridized carbons (Fsp3) is 0.250. The molecule has 1 aromatic heterocycles. The lowest BCUT2D eigenvalue weighted by Crippen LogP contribution is -2.41. The van der Waals surface area contributed by atoms with Gasteiger partial charge >= 0.3 is 0 Å². The largest absolute Gasteiger partial charge is 0.487 e. The zero-order chi connectivity index (χ0) is 21.9. The Hall–Kier alpha value is -3.61. The highest BCUT2D eigenvalue weighted by molar-refractivity contribution is 5.79. The minimum absolute atomic E-state index is 0.231. The Morgan fingerprint density at radius 3 is 2.52 bits per heavy atom. The van der Waals surface area contributed by atoms with E-state index in [1.165, 1.54) is 6.07 Å². The maximum absolute atomic E-state index is 13.7. The average molecular weight is 423 g/mol. The predicted octanol–water partition coefficient (Wildman–Crippen LogP) is 3.93. The normalized spacial score (nSPS) is 12.2. The number of benzene rings is 2. The highest BCUT2D eigenvalue weighted by atomic mass is 19.1. The summed E-state index contributed by atoms with van der Waals surface area (Å²) < 4.78 is 25.1. The lowest BCUT2D eigenvalue weighted by Gasteiger charge is -2.18. The first-order chi connectivity index (χ1) is 15.1. The van der Waals surface area contributed by atoms with Crippen molar-refractivity contribution in [3.63, 3.8) is 0 Å². The van der Waals surface area contributed by atoms with Crippen LogP contribution in [0.1, 0.15) is 18.2 Å². The van der Waals surface area contributed by atoms with Crippen molar-refractivity contribution in [2.75, 3.05) is 13.6 Å². The van der Waals surface area contributed by atoms with Gasteiger partial charge in [-0.15, -0.1) is 0 Å². The minimum Gasteiger partial charge on any atom is -0.487 e. The zero-order valence-corrected chi connectivity index (χ0v) is 17.7. The molecule has 2 N–H and O–H groups in total. The third kappa shape index (κ3) is 7.29. The first kappa shape index (κ1) is 22.1. The topological polar surface area (TPSA) is 67.8 Å². The van der Waals surface area contributed by atoms with E-state index in [4.69, 9.17) is 9.47 Å². The number of guanidine groups is 1. The van der Waals surface area contributed by atoms with Crippen molar-refractivity contribution >= 4 is 5.96 Å². The fourth-order valence-electron chi connectivity index (χ4n) is 2.79. The highest BCUT2D eigenvalue weighted by Gasteiger charge is 2.09. The Bertz CT molecular complexity index is 965. The summed E-state index contributed by atoms with van der Waals surface area (Å²) in [4.78, 5) is 8.46. The van der Waals surface area contributed by atoms with Gasteiger partial charge in [-0.25, -0.2) is 4.39 Å². The number of halogens is 1. The van der Waals surface area contributed by atoms with E-state index in [1.807, 2.05) is 49.4 Å². The highest BCUT2D eigenvalue weighted by Crippen LogP contribution is 2.17. The lowest BCUT2D eigenvalue weighted by molar-refractivity contribution is 0.214. The second-order valence-electron chi connectivity index (χ2n) is 6.92. The Morgan fingerprint density at radius 1 is 1.03 bits per heavy atom. The van der Waals surface area contributed by atoms with Gasteiger partial charge in [-0.1, -0.05) is 30.3 Å². The van der Waals surface area contributed by atoms with Crippen LogP contribution < -0.4 is 20.1 Å². The minimum atomic E-state index is -0.371. The number of hydrogen-bond donors (Lipinski definition) is 2. The summed E-state index contributed by atoms with van der Waals surface area (Å²) in [5.74, 6) is 1.30. The van der Waals surface area contributed by atoms with Gasteiger partial charge in [-0.3, -0.25) is 9.98 Å². The SMILES string of the molecule is CN=C(NCc1ccc(OCc2ccccn2)cc1)NCC(C)Oc1ccccc1F. The van der Waals surface area contributed by atoms with E-state index in [2.05, 4.69) is 20.6 Å². The summed E-state index contributed by atoms with van der Waals surface area (Å²) in [6.45, 7) is 3.38. The molecule has 0 fully saturated rings. The molecule has 3 aromatic rings. The van der Waals surface area contributed by atoms with Crippen molar-refractivity contribution in [3.05, 3.63) is 90.0 Å². The summed E-state index contributed by atoms with van der Waals surface area (Å²) in [6.07, 6.45) is 1.52. The molecule has 0 saturated carbocycles. The molecule has 0 aliphatic rings. The molecule has 7 heteroatoms. The monoisotopic (exact) mass is 422 g/mol. The summed E-state index contributed by atoms with van der Waals surface area (Å²) >= 11 is 0. The van der Waals surface area contributed by atoms with Crippen LogP contribution >= 0.6 is 0 Å². The summed E-state index contributed by atoms with van der Waals surface area (Å²) in [7, 11) is 1.70. The second-order valence-corrected chi connectivity index (χ2v) is 6.92. The first-order valence-corrected chi connectivity index (χ1v) is 10.1. The Morgan fingerprint density at radius 2 is 1.81 bits per heavy atom. The van der Waals surface area contributed by atoms with Crippen LogP contribution in [0.15, 0.2) is 77.9 Å². The smallest absolute Gasteiger partial charge is 0.191 e. The molecule has 0 bridgehead atoms. The summed E-state index contributed by atoms with van der Waals surface area (Å²) in [6, 6.07) is 20.0. The van der Waals surface area contributed by atoms with E-state index >= 15 is 0 Å². The van der Waals surface area contributed by atoms with Gasteiger partial charge in [0.15, 0.2) is 17.5 Å². The number of nitrogens with one attached hydrogen (secondary N) is 2. The molecule has 162 valence electrons. The van der Waals surface area contributed by atoms with Crippen LogP contribution in [0.2, 0.25) is 0 Å². The zero-order valence-electron chi connectivity index (χ0n) is 17.7. The molecular weight excluding hydrogens is 395 g/mol. The van der Waals surface area contributed by atoms with Gasteiger partial charge in [0, 0.05) is 19.8 Å². The van der Waals surface area contributed by atoms with Crippen molar-refractivity contribution in [2.24, 2.45) is 4.99 Å². The van der Waals surface area contributed by atoms with Crippen LogP contribution in [0, 0.1) is 5.82 Å². The van der Waals surface area contributed by atoms with Gasteiger partial charge in [0.25, 0.3) is 0 Å². The summed E-state index contributed by atoms with van der Waals surface area (Å²) in [5.41, 5.74) is 1.97. The van der Waals surface area contributed by atoms with Gasteiger partial charge < -0.3 is 20.1 Å². The van der Waals surface area contributed by atoms with Crippen molar-refractivity contribution in [2.45, 2.75) is 26.2 Å². The lowest BCUT2D eigenvalue weighted by atomic mass is 10.2. The van der Waals surface area contributed by atoms with E-state index in [9.17, 15) is 4.39 Å². The third-order valence-corrected chi connectivity index (χ3v) is 4.44. The van der Waals surface area contributed by atoms with Gasteiger partial charge in [-0.2, -0.15) is 0 Å². The van der Waals surface area contributed by atoms with E-state index in [1.54, 1.807) is 31.4 Å². The third-order valence-electron chi connectivity index (χ3n) is 4.44. The molecule has 0 radical (unpaired) electrons. The Kier molecular flexibility index (Phi) is 8.22. The van der Waals surface area contributed by atoms with Crippen molar-refractivity contribution in [3.8, 4) is 11.5 Å². The van der Waals surface area contributed by atoms with E-state index < -0.39 is 0 Å². The van der Waals surface area contributed by atoms with Crippen molar-refractivity contribution in [1.29, 1.82) is 0 Å². The van der Waals surface area contributed by atoms with Gasteiger partial charge in [0.05, 0.1) is 12.2 Å². The molecule has 0 spiro atoms. The maximum Gasteiger partial charge on any atom is 0.191 e. The van der Waals surface area contributed by atoms with Gasteiger partial charge in [0.2, 0.25) is 0 Å². The van der Waals surface area contributed by atoms with Crippen LogP contribution in [-0.2, 0) is 13.2 Å². The molecule has 3 rings (SSSR count). The van der Waals surface area contributed by atoms with Crippen molar-refractivity contribution < 1.29 is 13.9 Å². The first-order valence-electron chi connectivity index (χ1n) is 10.1. The van der Waals surface area contributed by atoms with Crippen LogP contribution in [-0.4, -0.2) is 30.6 Å². The average Bonchev–Trinajstić information content (AvgIpc) is 2.81. The van der Waals surface area contributed by atoms with Crippen LogP contribution in [0.25, 0.3) is 0 Å². The molecule has 1 atom stereocenters. The number of pyridine rings is 1. The van der Waals surface area contributed by atoms with E-state index in [-0.39, 0.29) is 17.7 Å². The number of aliphatic imine (C=N–C) groups is 1. The van der Waals surface area contributed by atoms with Crippen LogP contribution in [0.5, 0.6) is 11.5 Å². The van der Waals surface area contributed by atoms with Crippen LogP contribution in [0.4, 0.5) is 4.39 Å². The maximum atomic E-state index is 13.7. The molecule has 0 aliphatic heterocycles. The molecular formula is C24H27FN4O2. The predicted molar refractivity (Wildman–Crippen MR) is 120 cm³/mol. The number of nitrogens with zero attached hydrogens (tertiary/aromatic N) is 2. The molecule has 1 heterocycles. The number of hydrogen-bond acceptors (Lipinski definition) is 4. The standard InChI is InChI=1S/C24H27FN4O2/c1-18(31-23-9-4-3-8-22(23)25)15-28-24(26-2)29-16-19-10-12-21(13-11-19)30-17-20-7-5-6-14-27-20/h3-14,18H,15-17H2,1-2H3,(H2,26,28,29). The molecule has 31 heavy (non-hydrogen) atoms. The van der Waals surface area contributed by atoms with Gasteiger partial charge in [-0.05, 0) is 48.9 Å². The molecule has 0 saturated heterocycles. The van der Waals surface area contributed by atoms with Gasteiger partial charge in [0.1, 0.15) is 18.5 Å². The molecule has 0 aliphatic carbocycles. The quantitative estimate of drug-likeness (QED) is 0.404. The number of para-hydroxylation sites is 1. The van der Waals surface area contributed by atoms with E-state index in [0.29, 0.717) is 25.7 Å². The Labute approximate surface area is 182 Å². The molecule has 2 aromatic carbocycles. The fourth-order valence-corrected chi connectivity index (χ4v) is 2.79. The summed E-state index contributed by atoms with van der Waals surface area (Å²) in [5, 5.41) is 6.44. The molecule has 1 unspecified atom stereocenters. The second kappa shape index (κ2) is 11.5. The molecule has 0 amide bonds. The number of rotatable bonds is 9. The number of ether oxygens (including phenoxy) is 2.